The maximum Gasteiger partial charge on any atom is 0.404 e. The molecule has 35 heteroatoms. The van der Waals surface area contributed by atoms with Crippen molar-refractivity contribution in [1.82, 2.24) is 16.0 Å². The molecule has 6 aromatic rings. The predicted molar refractivity (Wildman–Crippen MR) is 502 cm³/mol. The normalized spacial score (nSPS) is 13.2. The van der Waals surface area contributed by atoms with E-state index in [0.29, 0.717) is 163 Å². The first kappa shape index (κ1) is 103. The average Bonchev–Trinajstić information content (AvgIpc) is 1.57. The summed E-state index contributed by atoms with van der Waals surface area (Å²) >= 11 is 0. The van der Waals surface area contributed by atoms with Gasteiger partial charge in [-0.05, 0) is 198 Å². The quantitative estimate of drug-likeness (QED) is 0.00554. The summed E-state index contributed by atoms with van der Waals surface area (Å²) in [5.41, 5.74) is 18.3. The third-order valence-corrected chi connectivity index (χ3v) is 21.4. The van der Waals surface area contributed by atoms with Gasteiger partial charge in [0.1, 0.15) is 39.3 Å². The number of ether oxygens (including phenoxy) is 9. The molecule has 722 valence electrons. The van der Waals surface area contributed by atoms with Gasteiger partial charge in [0.05, 0.1) is 38.6 Å². The summed E-state index contributed by atoms with van der Waals surface area (Å²) in [6, 6.07) is 32.7. The van der Waals surface area contributed by atoms with E-state index in [0.717, 1.165) is 112 Å². The van der Waals surface area contributed by atoms with Crippen LogP contribution in [0.4, 0.5) is 42.8 Å². The molecule has 0 radical (unpaired) electrons. The van der Waals surface area contributed by atoms with E-state index < -0.39 is 30.1 Å². The fourth-order valence-electron chi connectivity index (χ4n) is 14.9. The molecule has 0 aromatic heterocycles. The number of hydrogen-bond donors (Lipinski definition) is 13. The third kappa shape index (κ3) is 38.3. The standard InChI is InChI=1S/C37H53N5O9.C34H43N3O8.C27H35N3O7/c1-2-3-19-49-21-16-39-33(44)8-6-10-35(46)41-26-12-14-28-29-15-13-27(24-31(29)32(30(28)23-26)25-51-37(38)48)42-36(47)11-7-9-34(45)40-17-22-50-20-5-4-18-43;1-3-4-18-43-20-16-36-31(40)11-6-12-32(41)37-24-13-14-26-28(21-24)29(22-45-34(35)42)25-8-5-9-27(33(25)26)30(39)10-7-19-44-23(2)15-17-38;1-2-3-11-35-16-25(32)29-18-6-8-20-21-9-7-19(30-26(33)17-36-12-5-4-10-31)14-23(21)24(22(20)13-18)15-37-27(28)34/h12-15,23-24,32,43H,2-11,16-22,25H2,1H3,(H2,38,48)(H,39,44)(H,40,45)(H,41,46)(H,42,47);5,8-9,13-14,17,21,29H,2-4,6-7,10-12,15-16,18-20,22H2,1H3,(H2,35,42)(H,36,40)(H,37,41);6-9,13-14,24,31H,2-5,10-12,15-17H2,1H3,(H2,28,34)(H,29,32)(H,30,33)/i/hD3. The van der Waals surface area contributed by atoms with E-state index in [4.69, 9.17) is 57.1 Å². The summed E-state index contributed by atoms with van der Waals surface area (Å²) in [6.45, 7) is 15.3. The van der Waals surface area contributed by atoms with Crippen LogP contribution in [-0.2, 0) is 85.8 Å². The highest BCUT2D eigenvalue weighted by molar-refractivity contribution is 6.05. The van der Waals surface area contributed by atoms with Crippen molar-refractivity contribution in [3.63, 3.8) is 0 Å². The van der Waals surface area contributed by atoms with Gasteiger partial charge in [0.25, 0.3) is 0 Å². The van der Waals surface area contributed by atoms with Crippen LogP contribution in [-0.4, -0.2) is 213 Å². The summed E-state index contributed by atoms with van der Waals surface area (Å²) in [5.74, 6) is -2.74. The number of carbonyl (C=O) groups excluding carboxylic acids is 13. The number of primary amides is 3. The molecule has 0 spiro atoms. The first-order valence-electron chi connectivity index (χ1n) is 47.0. The second kappa shape index (κ2) is 60.5. The SMILES string of the molecule is [2H]NC(=O)OCC1c2cc(NC(=O)CCCC(=O)NCCOCCCC)ccc2-c2c(C(=O)CCCOC(=C)CC=O)cccc21.[2H]NC(=O)OCC1c2cc(NC(=O)CCCC(=O)NCCOCCCC)ccc2-c2ccc(NC(=O)CCCC(=O)NCCOCCCCO)cc21.[2H]NC(=O)OCC1c2cc(NC(=O)COCCCC)ccc2-c2ccc(NC(=O)COCCCCO)cc21. The molecule has 0 fully saturated rings. The van der Waals surface area contributed by atoms with Gasteiger partial charge >= 0.3 is 18.3 Å². The minimum atomic E-state index is -0.911. The highest BCUT2D eigenvalue weighted by atomic mass is 16.6. The number of amides is 11. The molecular weight excluding hydrogens is 1720 g/mol. The molecule has 0 saturated carbocycles. The summed E-state index contributed by atoms with van der Waals surface area (Å²) < 4.78 is 69.3. The van der Waals surface area contributed by atoms with Gasteiger partial charge in [0, 0.05) is 163 Å². The molecule has 3 atom stereocenters. The zero-order chi connectivity index (χ0) is 98.2. The minimum absolute atomic E-state index is 0.0341. The lowest BCUT2D eigenvalue weighted by atomic mass is 9.93. The van der Waals surface area contributed by atoms with Crippen molar-refractivity contribution in [1.29, 1.82) is 0 Å². The van der Waals surface area contributed by atoms with Gasteiger partial charge in [-0.1, -0.05) is 95.1 Å². The highest BCUT2D eigenvalue weighted by Gasteiger charge is 2.36. The van der Waals surface area contributed by atoms with E-state index >= 15 is 0 Å². The highest BCUT2D eigenvalue weighted by Crippen LogP contribution is 2.50. The zero-order valence-electron chi connectivity index (χ0n) is 79.3. The fourth-order valence-corrected chi connectivity index (χ4v) is 14.9. The Morgan fingerprint density at radius 1 is 0.361 bits per heavy atom. The number of anilines is 5. The molecule has 6 aromatic carbocycles. The number of aldehydes is 1. The van der Waals surface area contributed by atoms with Gasteiger partial charge < -0.3 is 117 Å². The van der Waals surface area contributed by atoms with Crippen LogP contribution in [0, 0.1) is 0 Å². The Morgan fingerprint density at radius 3 is 1.05 bits per heavy atom. The largest absolute Gasteiger partial charge is 0.498 e. The summed E-state index contributed by atoms with van der Waals surface area (Å²) in [7, 11) is 0. The molecular formula is C98H131N11O24. The summed E-state index contributed by atoms with van der Waals surface area (Å²) in [4.78, 5) is 158. The number of aliphatic hydroxyl groups excluding tert-OH is 2. The van der Waals surface area contributed by atoms with Crippen molar-refractivity contribution in [2.24, 2.45) is 17.2 Å². The van der Waals surface area contributed by atoms with Gasteiger partial charge in [-0.15, -0.1) is 0 Å². The Balaban J connectivity index is 0.000000281. The van der Waals surface area contributed by atoms with Crippen molar-refractivity contribution in [3.8, 4) is 33.4 Å². The van der Waals surface area contributed by atoms with E-state index in [2.05, 4.69) is 63.0 Å². The van der Waals surface area contributed by atoms with Gasteiger partial charge in [-0.25, -0.2) is 14.4 Å². The first-order valence-corrected chi connectivity index (χ1v) is 45.5. The lowest BCUT2D eigenvalue weighted by Crippen LogP contribution is -2.27. The van der Waals surface area contributed by atoms with Gasteiger partial charge in [-0.3, -0.25) is 43.2 Å². The number of ketones is 1. The number of fused-ring (bicyclic) bond motifs is 9. The van der Waals surface area contributed by atoms with Crippen LogP contribution < -0.4 is 59.7 Å². The molecule has 11 amide bonds. The molecule has 0 saturated heterocycles. The number of hydrogen-bond acceptors (Lipinski definition) is 24. The number of rotatable bonds is 61. The fraction of sp³-hybridized carbons (Fsp3) is 0.480. The van der Waals surface area contributed by atoms with Crippen LogP contribution in [0.2, 0.25) is 4.24 Å². The third-order valence-electron chi connectivity index (χ3n) is 21.4. The van der Waals surface area contributed by atoms with Crippen LogP contribution in [0.5, 0.6) is 0 Å². The minimum Gasteiger partial charge on any atom is -0.498 e. The number of aliphatic hydroxyl groups is 2. The first-order chi connectivity index (χ1) is 66.0. The molecule has 35 nitrogen and oxygen atoms in total. The molecule has 0 bridgehead atoms. The number of nitrogens with two attached hydrogens (primary N) is 3. The molecule has 0 heterocycles. The number of allylic oxidation sites excluding steroid dienone is 1. The molecule has 9 rings (SSSR count). The Morgan fingerprint density at radius 2 is 0.692 bits per heavy atom. The Kier molecular flexibility index (Phi) is 46.7. The van der Waals surface area contributed by atoms with Crippen LogP contribution in [0.3, 0.4) is 0 Å². The van der Waals surface area contributed by atoms with Gasteiger partial charge in [0.2, 0.25) is 47.3 Å². The van der Waals surface area contributed by atoms with Crippen LogP contribution in [0.25, 0.3) is 33.4 Å². The smallest absolute Gasteiger partial charge is 0.404 e. The molecule has 3 aliphatic rings. The number of Topliss-reactive ketones (excluding diaryl/α,β-unsaturated/α-hetero) is 1. The second-order valence-electron chi connectivity index (χ2n) is 31.7. The Bertz CT molecular complexity index is 4930. The predicted octanol–water partition coefficient (Wildman–Crippen LogP) is 12.3. The van der Waals surface area contributed by atoms with E-state index in [-0.39, 0.29) is 163 Å². The van der Waals surface area contributed by atoms with Crippen molar-refractivity contribution in [2.75, 3.05) is 152 Å². The molecule has 0 aliphatic heterocycles. The van der Waals surface area contributed by atoms with E-state index in [1.54, 1.807) is 65.7 Å². The van der Waals surface area contributed by atoms with Crippen molar-refractivity contribution in [3.05, 3.63) is 160 Å². The molecule has 133 heavy (non-hydrogen) atoms. The Hall–Kier alpha value is -12.5. The average molecular weight is 1850 g/mol. The number of nitrogens with one attached hydrogen (secondary N) is 8. The molecule has 3 aliphatic carbocycles. The van der Waals surface area contributed by atoms with Crippen LogP contribution >= 0.6 is 0 Å². The topological polar surface area (TPSA) is 520 Å². The lowest BCUT2D eigenvalue weighted by molar-refractivity contribution is -0.122. The van der Waals surface area contributed by atoms with Crippen molar-refractivity contribution in [2.45, 2.75) is 180 Å². The van der Waals surface area contributed by atoms with Crippen molar-refractivity contribution >= 4 is 106 Å². The summed E-state index contributed by atoms with van der Waals surface area (Å²) in [6.07, 6.45) is 9.63. The molecule has 16 N–H and O–H groups in total. The maximum absolute atomic E-state index is 13.3. The number of carbonyl (C=O) groups is 13. The van der Waals surface area contributed by atoms with E-state index in [1.165, 1.54) is 0 Å². The second-order valence-corrected chi connectivity index (χ2v) is 31.7. The monoisotopic (exact) mass is 1850 g/mol. The van der Waals surface area contributed by atoms with Crippen LogP contribution in [0.15, 0.2) is 122 Å². The lowest BCUT2D eigenvalue weighted by Gasteiger charge is -2.15. The van der Waals surface area contributed by atoms with E-state index in [9.17, 15) is 62.3 Å². The number of benzene rings is 6. The summed E-state index contributed by atoms with van der Waals surface area (Å²) in [5, 5.41) is 40.3. The van der Waals surface area contributed by atoms with Gasteiger partial charge in [-0.2, -0.15) is 0 Å². The number of unbranched alkanes of at least 4 members (excludes halogenated alkanes) is 5. The molecule has 3 unspecified atom stereocenters. The van der Waals surface area contributed by atoms with Crippen LogP contribution in [0.1, 0.15) is 224 Å². The zero-order valence-corrected chi connectivity index (χ0v) is 76.3. The van der Waals surface area contributed by atoms with Gasteiger partial charge in [0.15, 0.2) is 10.0 Å². The maximum atomic E-state index is 13.3. The Labute approximate surface area is 780 Å². The van der Waals surface area contributed by atoms with E-state index in [1.807, 2.05) is 67.6 Å². The van der Waals surface area contributed by atoms with Crippen molar-refractivity contribution < 1.29 is 119 Å².